The SMILES string of the molecule is CC\C=C/C=C\C=C/C=C\C=C\C=C/C=C\CCCCCC(=O)OCC(COC(=O)CCCCCCC/C=C\CCCC)OC(=O)CCCCCCCCC/C=C\CCCCCCCC. The summed E-state index contributed by atoms with van der Waals surface area (Å²) in [7, 11) is 0. The van der Waals surface area contributed by atoms with Crippen LogP contribution < -0.4 is 0 Å². The molecule has 0 rings (SSSR count). The first kappa shape index (κ1) is 61.1. The van der Waals surface area contributed by atoms with E-state index in [-0.39, 0.29) is 31.1 Å². The summed E-state index contributed by atoms with van der Waals surface area (Å²) in [5, 5.41) is 0. The van der Waals surface area contributed by atoms with Gasteiger partial charge in [0.1, 0.15) is 13.2 Å². The van der Waals surface area contributed by atoms with Crippen molar-refractivity contribution in [1.29, 1.82) is 0 Å². The minimum Gasteiger partial charge on any atom is -0.462 e. The largest absolute Gasteiger partial charge is 0.462 e. The van der Waals surface area contributed by atoms with Crippen LogP contribution in [0.5, 0.6) is 0 Å². The van der Waals surface area contributed by atoms with E-state index < -0.39 is 6.10 Å². The minimum atomic E-state index is -0.804. The smallest absolute Gasteiger partial charge is 0.306 e. The Balaban J connectivity index is 4.49. The third-order valence-electron chi connectivity index (χ3n) is 10.9. The Bertz CT molecular complexity index is 1360. The molecule has 0 aliphatic heterocycles. The van der Waals surface area contributed by atoms with Gasteiger partial charge >= 0.3 is 17.9 Å². The minimum absolute atomic E-state index is 0.101. The fraction of sp³-hybridized carbons (Fsp3) is 0.644. The van der Waals surface area contributed by atoms with Crippen molar-refractivity contribution in [2.75, 3.05) is 13.2 Å². The molecule has 65 heavy (non-hydrogen) atoms. The van der Waals surface area contributed by atoms with E-state index >= 15 is 0 Å². The normalized spacial score (nSPS) is 13.0. The van der Waals surface area contributed by atoms with Crippen molar-refractivity contribution in [3.8, 4) is 0 Å². The van der Waals surface area contributed by atoms with Crippen LogP contribution in [0.4, 0.5) is 0 Å². The highest BCUT2D eigenvalue weighted by Crippen LogP contribution is 2.14. The number of rotatable bonds is 46. The van der Waals surface area contributed by atoms with E-state index in [2.05, 4.69) is 57.2 Å². The van der Waals surface area contributed by atoms with Crippen LogP contribution in [-0.2, 0) is 28.6 Å². The maximum absolute atomic E-state index is 12.8. The van der Waals surface area contributed by atoms with Crippen molar-refractivity contribution in [2.24, 2.45) is 0 Å². The van der Waals surface area contributed by atoms with Crippen LogP contribution in [0.25, 0.3) is 0 Å². The van der Waals surface area contributed by atoms with Gasteiger partial charge in [0.05, 0.1) is 0 Å². The zero-order chi connectivity index (χ0) is 47.2. The second kappa shape index (κ2) is 52.7. The van der Waals surface area contributed by atoms with Crippen LogP contribution in [-0.4, -0.2) is 37.2 Å². The summed E-state index contributed by atoms with van der Waals surface area (Å²) in [6, 6.07) is 0. The van der Waals surface area contributed by atoms with E-state index in [1.165, 1.54) is 103 Å². The molecule has 0 saturated carbocycles. The topological polar surface area (TPSA) is 78.9 Å². The summed E-state index contributed by atoms with van der Waals surface area (Å²) in [4.78, 5) is 38.0. The first-order valence-electron chi connectivity index (χ1n) is 26.5. The zero-order valence-electron chi connectivity index (χ0n) is 42.0. The molecule has 0 saturated heterocycles. The molecular weight excluding hydrogens is 805 g/mol. The Labute approximate surface area is 400 Å². The maximum atomic E-state index is 12.8. The number of hydrogen-bond donors (Lipinski definition) is 0. The van der Waals surface area contributed by atoms with Gasteiger partial charge in [0.15, 0.2) is 6.10 Å². The van der Waals surface area contributed by atoms with Gasteiger partial charge in [0, 0.05) is 19.3 Å². The van der Waals surface area contributed by atoms with Gasteiger partial charge < -0.3 is 14.2 Å². The average molecular weight is 901 g/mol. The molecule has 368 valence electrons. The van der Waals surface area contributed by atoms with Gasteiger partial charge in [0.25, 0.3) is 0 Å². The van der Waals surface area contributed by atoms with Crippen molar-refractivity contribution in [3.63, 3.8) is 0 Å². The molecule has 0 N–H and O–H groups in total. The van der Waals surface area contributed by atoms with Gasteiger partial charge in [-0.15, -0.1) is 0 Å². The van der Waals surface area contributed by atoms with Crippen molar-refractivity contribution in [3.05, 3.63) is 109 Å². The van der Waals surface area contributed by atoms with Gasteiger partial charge in [0.2, 0.25) is 0 Å². The third-order valence-corrected chi connectivity index (χ3v) is 10.9. The molecule has 0 heterocycles. The van der Waals surface area contributed by atoms with E-state index in [1.807, 2.05) is 72.9 Å². The molecule has 0 radical (unpaired) electrons. The fourth-order valence-corrected chi connectivity index (χ4v) is 6.93. The monoisotopic (exact) mass is 901 g/mol. The number of hydrogen-bond acceptors (Lipinski definition) is 6. The quantitative estimate of drug-likeness (QED) is 0.0199. The average Bonchev–Trinajstić information content (AvgIpc) is 3.30. The molecule has 1 unspecified atom stereocenters. The highest BCUT2D eigenvalue weighted by atomic mass is 16.6. The molecule has 0 amide bonds. The van der Waals surface area contributed by atoms with Gasteiger partial charge in [-0.2, -0.15) is 0 Å². The predicted molar refractivity (Wildman–Crippen MR) is 279 cm³/mol. The molecule has 0 aromatic carbocycles. The zero-order valence-corrected chi connectivity index (χ0v) is 42.0. The Hall–Kier alpha value is -3.93. The number of unbranched alkanes of at least 4 members (excludes halogenated alkanes) is 23. The lowest BCUT2D eigenvalue weighted by molar-refractivity contribution is -0.167. The van der Waals surface area contributed by atoms with Crippen LogP contribution in [0, 0.1) is 0 Å². The van der Waals surface area contributed by atoms with Crippen LogP contribution in [0.2, 0.25) is 0 Å². The lowest BCUT2D eigenvalue weighted by Crippen LogP contribution is -2.30. The molecule has 0 aromatic heterocycles. The standard InChI is InChI=1S/C59H96O6/c1-4-7-10-13-16-19-22-24-26-28-29-31-32-34-37-40-43-46-49-52-58(61)64-55-56(54-63-57(60)51-48-45-42-39-36-21-18-15-12-9-6-3)65-59(62)53-50-47-44-41-38-35-33-30-27-25-23-20-17-14-11-8-5-2/h7,10,13,15-16,18-19,22,24-29,31-32,34,37,56H,4-6,8-9,11-12,14,17,20-21,23,30,33,35-36,38-55H2,1-3H3/b10-7-,16-13-,18-15-,22-19-,26-24-,27-25-,29-28+,32-31-,37-34-. The third kappa shape index (κ3) is 50.9. The van der Waals surface area contributed by atoms with Gasteiger partial charge in [-0.05, 0) is 83.5 Å². The lowest BCUT2D eigenvalue weighted by atomic mass is 10.1. The van der Waals surface area contributed by atoms with E-state index in [9.17, 15) is 14.4 Å². The highest BCUT2D eigenvalue weighted by molar-refractivity contribution is 5.71. The predicted octanol–water partition coefficient (Wildman–Crippen LogP) is 17.5. The number of ether oxygens (including phenoxy) is 3. The summed E-state index contributed by atoms with van der Waals surface area (Å²) in [5.41, 5.74) is 0. The van der Waals surface area contributed by atoms with Crippen molar-refractivity contribution >= 4 is 17.9 Å². The summed E-state index contributed by atoms with van der Waals surface area (Å²) < 4.78 is 16.8. The fourth-order valence-electron chi connectivity index (χ4n) is 6.93. The summed E-state index contributed by atoms with van der Waals surface area (Å²) >= 11 is 0. The Morgan fingerprint density at radius 2 is 0.631 bits per heavy atom. The molecule has 0 aromatic rings. The van der Waals surface area contributed by atoms with E-state index in [4.69, 9.17) is 14.2 Å². The highest BCUT2D eigenvalue weighted by Gasteiger charge is 2.19. The van der Waals surface area contributed by atoms with E-state index in [0.29, 0.717) is 19.3 Å². The van der Waals surface area contributed by atoms with Crippen molar-refractivity contribution in [1.82, 2.24) is 0 Å². The van der Waals surface area contributed by atoms with Crippen molar-refractivity contribution < 1.29 is 28.6 Å². The molecular formula is C59H96O6. The summed E-state index contributed by atoms with van der Waals surface area (Å²) in [6.45, 7) is 6.39. The van der Waals surface area contributed by atoms with E-state index in [1.54, 1.807) is 0 Å². The molecule has 1 atom stereocenters. The number of esters is 3. The first-order chi connectivity index (χ1) is 32.0. The van der Waals surface area contributed by atoms with Crippen molar-refractivity contribution in [2.45, 2.75) is 232 Å². The van der Waals surface area contributed by atoms with Gasteiger partial charge in [-0.1, -0.05) is 233 Å². The molecule has 0 spiro atoms. The molecule has 6 heteroatoms. The van der Waals surface area contributed by atoms with Crippen LogP contribution >= 0.6 is 0 Å². The van der Waals surface area contributed by atoms with E-state index in [0.717, 1.165) is 83.5 Å². The molecule has 0 fully saturated rings. The summed E-state index contributed by atoms with van der Waals surface area (Å²) in [5.74, 6) is -0.965. The lowest BCUT2D eigenvalue weighted by Gasteiger charge is -2.18. The first-order valence-corrected chi connectivity index (χ1v) is 26.5. The van der Waals surface area contributed by atoms with Crippen LogP contribution in [0.15, 0.2) is 109 Å². The molecule has 0 aliphatic carbocycles. The Kier molecular flexibility index (Phi) is 49.5. The number of allylic oxidation sites excluding steroid dienone is 18. The molecule has 0 aliphatic rings. The van der Waals surface area contributed by atoms with Gasteiger partial charge in [-0.3, -0.25) is 14.4 Å². The molecule has 0 bridgehead atoms. The molecule has 6 nitrogen and oxygen atoms in total. The second-order valence-corrected chi connectivity index (χ2v) is 17.2. The van der Waals surface area contributed by atoms with Crippen LogP contribution in [0.1, 0.15) is 226 Å². The second-order valence-electron chi connectivity index (χ2n) is 17.2. The summed E-state index contributed by atoms with van der Waals surface area (Å²) in [6.07, 6.45) is 70.7. The number of carbonyl (C=O) groups is 3. The van der Waals surface area contributed by atoms with Gasteiger partial charge in [-0.25, -0.2) is 0 Å². The Morgan fingerprint density at radius 3 is 1.05 bits per heavy atom. The van der Waals surface area contributed by atoms with Crippen LogP contribution in [0.3, 0.4) is 0 Å². The maximum Gasteiger partial charge on any atom is 0.306 e. The number of carbonyl (C=O) groups excluding carboxylic acids is 3. The Morgan fingerprint density at radius 1 is 0.323 bits per heavy atom.